The molecule has 0 fully saturated rings. The second-order valence-electron chi connectivity index (χ2n) is 3.79. The van der Waals surface area contributed by atoms with Crippen molar-refractivity contribution >= 4 is 11.9 Å². The second kappa shape index (κ2) is 7.25. The molecule has 0 bridgehead atoms. The molecule has 0 saturated carbocycles. The Labute approximate surface area is 111 Å². The molecule has 0 aliphatic carbocycles. The van der Waals surface area contributed by atoms with Gasteiger partial charge >= 0.3 is 5.97 Å². The van der Waals surface area contributed by atoms with Gasteiger partial charge in [-0.3, -0.25) is 9.59 Å². The number of hydrogen-bond acceptors (Lipinski definition) is 4. The van der Waals surface area contributed by atoms with Crippen molar-refractivity contribution in [3.05, 3.63) is 23.8 Å². The Morgan fingerprint density at radius 3 is 2.26 bits per heavy atom. The standard InChI is InChI=1S/C13H17NO5/c1-18-9-5-3-6-10(19-2)12(9)13(17)14-8-4-7-11(15)16/h3,5-6H,4,7-8H2,1-2H3,(H,14,17)(H,15,16). The van der Waals surface area contributed by atoms with E-state index in [2.05, 4.69) is 5.32 Å². The quantitative estimate of drug-likeness (QED) is 0.727. The lowest BCUT2D eigenvalue weighted by atomic mass is 10.1. The van der Waals surface area contributed by atoms with Gasteiger partial charge in [0.25, 0.3) is 5.91 Å². The summed E-state index contributed by atoms with van der Waals surface area (Å²) in [6.45, 7) is 0.284. The molecule has 1 aromatic carbocycles. The first-order valence-corrected chi connectivity index (χ1v) is 5.81. The Morgan fingerprint density at radius 2 is 1.79 bits per heavy atom. The van der Waals surface area contributed by atoms with E-state index in [0.29, 0.717) is 23.5 Å². The lowest BCUT2D eigenvalue weighted by Gasteiger charge is -2.12. The van der Waals surface area contributed by atoms with E-state index in [4.69, 9.17) is 14.6 Å². The molecule has 1 rings (SSSR count). The van der Waals surface area contributed by atoms with Crippen LogP contribution in [-0.2, 0) is 4.79 Å². The smallest absolute Gasteiger partial charge is 0.303 e. The van der Waals surface area contributed by atoms with E-state index in [1.54, 1.807) is 18.2 Å². The van der Waals surface area contributed by atoms with Crippen molar-refractivity contribution in [2.24, 2.45) is 0 Å². The van der Waals surface area contributed by atoms with Gasteiger partial charge in [0.15, 0.2) is 0 Å². The van der Waals surface area contributed by atoms with E-state index >= 15 is 0 Å². The number of nitrogens with one attached hydrogen (secondary N) is 1. The molecular weight excluding hydrogens is 250 g/mol. The van der Waals surface area contributed by atoms with Gasteiger partial charge in [0.05, 0.1) is 14.2 Å². The molecule has 1 amide bonds. The SMILES string of the molecule is COc1cccc(OC)c1C(=O)NCCCC(=O)O. The third-order valence-corrected chi connectivity index (χ3v) is 2.51. The second-order valence-corrected chi connectivity index (χ2v) is 3.79. The third-order valence-electron chi connectivity index (χ3n) is 2.51. The zero-order valence-electron chi connectivity index (χ0n) is 10.9. The molecule has 104 valence electrons. The van der Waals surface area contributed by atoms with Crippen LogP contribution in [0, 0.1) is 0 Å². The lowest BCUT2D eigenvalue weighted by molar-refractivity contribution is -0.137. The highest BCUT2D eigenvalue weighted by Gasteiger charge is 2.17. The number of ether oxygens (including phenoxy) is 2. The average molecular weight is 267 g/mol. The zero-order chi connectivity index (χ0) is 14.3. The molecule has 0 aliphatic rings. The maximum absolute atomic E-state index is 12.0. The van der Waals surface area contributed by atoms with Crippen LogP contribution < -0.4 is 14.8 Å². The van der Waals surface area contributed by atoms with Gasteiger partial charge in [0, 0.05) is 13.0 Å². The molecule has 0 aromatic heterocycles. The molecular formula is C13H17NO5. The number of aliphatic carboxylic acids is 1. The summed E-state index contributed by atoms with van der Waals surface area (Å²) in [5.41, 5.74) is 0.308. The first-order chi connectivity index (χ1) is 9.10. The Morgan fingerprint density at radius 1 is 1.21 bits per heavy atom. The average Bonchev–Trinajstić information content (AvgIpc) is 2.42. The molecule has 19 heavy (non-hydrogen) atoms. The van der Waals surface area contributed by atoms with Gasteiger partial charge in [-0.2, -0.15) is 0 Å². The molecule has 6 nitrogen and oxygen atoms in total. The third kappa shape index (κ3) is 4.17. The number of carboxylic acids is 1. The Kier molecular flexibility index (Phi) is 5.66. The number of hydrogen-bond donors (Lipinski definition) is 2. The van der Waals surface area contributed by atoms with Crippen LogP contribution in [0.25, 0.3) is 0 Å². The summed E-state index contributed by atoms with van der Waals surface area (Å²) in [5.74, 6) is -0.408. The maximum atomic E-state index is 12.0. The number of carbonyl (C=O) groups excluding carboxylic acids is 1. The topological polar surface area (TPSA) is 84.9 Å². The summed E-state index contributed by atoms with van der Waals surface area (Å²) >= 11 is 0. The minimum atomic E-state index is -0.885. The van der Waals surface area contributed by atoms with Crippen LogP contribution in [0.4, 0.5) is 0 Å². The Bertz CT molecular complexity index is 436. The van der Waals surface area contributed by atoms with Gasteiger partial charge < -0.3 is 19.9 Å². The van der Waals surface area contributed by atoms with E-state index in [0.717, 1.165) is 0 Å². The van der Waals surface area contributed by atoms with Crippen molar-refractivity contribution in [1.29, 1.82) is 0 Å². The van der Waals surface area contributed by atoms with Gasteiger partial charge in [-0.05, 0) is 18.6 Å². The highest BCUT2D eigenvalue weighted by Crippen LogP contribution is 2.27. The number of carbonyl (C=O) groups is 2. The van der Waals surface area contributed by atoms with Gasteiger partial charge in [0.1, 0.15) is 17.1 Å². The van der Waals surface area contributed by atoms with Gasteiger partial charge in [-0.25, -0.2) is 0 Å². The van der Waals surface area contributed by atoms with Crippen LogP contribution in [0.2, 0.25) is 0 Å². The number of methoxy groups -OCH3 is 2. The summed E-state index contributed by atoms with van der Waals surface area (Å²) < 4.78 is 10.2. The molecule has 2 N–H and O–H groups in total. The van der Waals surface area contributed by atoms with Crippen LogP contribution in [0.5, 0.6) is 11.5 Å². The van der Waals surface area contributed by atoms with Crippen LogP contribution >= 0.6 is 0 Å². The van der Waals surface area contributed by atoms with Crippen LogP contribution in [-0.4, -0.2) is 37.7 Å². The molecule has 1 aromatic rings. The lowest BCUT2D eigenvalue weighted by Crippen LogP contribution is -2.25. The summed E-state index contributed by atoms with van der Waals surface area (Å²) in [6, 6.07) is 5.04. The van der Waals surface area contributed by atoms with Crippen molar-refractivity contribution in [3.63, 3.8) is 0 Å². The van der Waals surface area contributed by atoms with E-state index < -0.39 is 5.97 Å². The highest BCUT2D eigenvalue weighted by molar-refractivity contribution is 5.99. The van der Waals surface area contributed by atoms with Gasteiger partial charge in [-0.15, -0.1) is 0 Å². The van der Waals surface area contributed by atoms with Gasteiger partial charge in [-0.1, -0.05) is 6.07 Å². The van der Waals surface area contributed by atoms with Crippen molar-refractivity contribution in [1.82, 2.24) is 5.32 Å². The monoisotopic (exact) mass is 267 g/mol. The summed E-state index contributed by atoms with van der Waals surface area (Å²) in [4.78, 5) is 22.4. The Hall–Kier alpha value is -2.24. The Balaban J connectivity index is 2.72. The first-order valence-electron chi connectivity index (χ1n) is 5.81. The number of benzene rings is 1. The van der Waals surface area contributed by atoms with E-state index in [9.17, 15) is 9.59 Å². The molecule has 0 unspecified atom stereocenters. The summed E-state index contributed by atoms with van der Waals surface area (Å²) in [7, 11) is 2.94. The van der Waals surface area contributed by atoms with Crippen LogP contribution in [0.1, 0.15) is 23.2 Å². The molecule has 0 spiro atoms. The van der Waals surface area contributed by atoms with Gasteiger partial charge in [0.2, 0.25) is 0 Å². The normalized spacial score (nSPS) is 9.79. The van der Waals surface area contributed by atoms with Crippen molar-refractivity contribution in [3.8, 4) is 11.5 Å². The number of amides is 1. The summed E-state index contributed by atoms with van der Waals surface area (Å²) in [5, 5.41) is 11.1. The molecule has 0 heterocycles. The van der Waals surface area contributed by atoms with Crippen molar-refractivity contribution in [2.75, 3.05) is 20.8 Å². The van der Waals surface area contributed by atoms with Crippen molar-refractivity contribution < 1.29 is 24.2 Å². The number of rotatable bonds is 7. The molecule has 0 aliphatic heterocycles. The largest absolute Gasteiger partial charge is 0.496 e. The first kappa shape index (κ1) is 14.8. The fourth-order valence-electron chi connectivity index (χ4n) is 1.60. The van der Waals surface area contributed by atoms with Crippen LogP contribution in [0.3, 0.4) is 0 Å². The van der Waals surface area contributed by atoms with E-state index in [1.807, 2.05) is 0 Å². The fourth-order valence-corrected chi connectivity index (χ4v) is 1.60. The van der Waals surface area contributed by atoms with Crippen LogP contribution in [0.15, 0.2) is 18.2 Å². The predicted molar refractivity (Wildman–Crippen MR) is 68.7 cm³/mol. The zero-order valence-corrected chi connectivity index (χ0v) is 10.9. The fraction of sp³-hybridized carbons (Fsp3) is 0.385. The minimum absolute atomic E-state index is 0.0172. The molecule has 0 atom stereocenters. The maximum Gasteiger partial charge on any atom is 0.303 e. The van der Waals surface area contributed by atoms with E-state index in [-0.39, 0.29) is 18.9 Å². The number of carboxylic acid groups (broad SMARTS) is 1. The molecule has 0 saturated heterocycles. The molecule has 6 heteroatoms. The minimum Gasteiger partial charge on any atom is -0.496 e. The summed E-state index contributed by atoms with van der Waals surface area (Å²) in [6.07, 6.45) is 0.391. The molecule has 0 radical (unpaired) electrons. The predicted octanol–water partition coefficient (Wildman–Crippen LogP) is 1.30. The van der Waals surface area contributed by atoms with Crippen molar-refractivity contribution in [2.45, 2.75) is 12.8 Å². The highest BCUT2D eigenvalue weighted by atomic mass is 16.5. The van der Waals surface area contributed by atoms with E-state index in [1.165, 1.54) is 14.2 Å².